The predicted octanol–water partition coefficient (Wildman–Crippen LogP) is 1.19. The van der Waals surface area contributed by atoms with Crippen LogP contribution in [0.1, 0.15) is 25.8 Å². The Kier molecular flexibility index (Phi) is 6.95. The van der Waals surface area contributed by atoms with Crippen molar-refractivity contribution in [2.75, 3.05) is 30.9 Å². The summed E-state index contributed by atoms with van der Waals surface area (Å²) in [6.45, 7) is 4.26. The molecule has 0 aliphatic carbocycles. The summed E-state index contributed by atoms with van der Waals surface area (Å²) in [6, 6.07) is 9.26. The van der Waals surface area contributed by atoms with Gasteiger partial charge >= 0.3 is 5.69 Å². The molecule has 0 bridgehead atoms. The summed E-state index contributed by atoms with van der Waals surface area (Å²) >= 11 is 0. The van der Waals surface area contributed by atoms with Gasteiger partial charge in [-0.1, -0.05) is 44.2 Å². The number of ether oxygens (including phenoxy) is 1. The van der Waals surface area contributed by atoms with Crippen molar-refractivity contribution in [3.8, 4) is 0 Å². The fraction of sp³-hybridized carbons (Fsp3) is 0.421. The summed E-state index contributed by atoms with van der Waals surface area (Å²) in [5.41, 5.74) is 5.72. The third-order valence-electron chi connectivity index (χ3n) is 4.49. The van der Waals surface area contributed by atoms with Gasteiger partial charge in [0.05, 0.1) is 13.2 Å². The van der Waals surface area contributed by atoms with Crippen LogP contribution in [0.25, 0.3) is 0 Å². The van der Waals surface area contributed by atoms with Crippen LogP contribution in [0.5, 0.6) is 0 Å². The Morgan fingerprint density at radius 2 is 1.96 bits per heavy atom. The van der Waals surface area contributed by atoms with Crippen molar-refractivity contribution < 1.29 is 9.53 Å². The molecule has 27 heavy (non-hydrogen) atoms. The molecule has 1 aromatic carbocycles. The van der Waals surface area contributed by atoms with Gasteiger partial charge in [-0.2, -0.15) is 0 Å². The van der Waals surface area contributed by atoms with Gasteiger partial charge in [0.15, 0.2) is 5.69 Å². The Hall–Kier alpha value is -2.87. The minimum Gasteiger partial charge on any atom is -0.383 e. The summed E-state index contributed by atoms with van der Waals surface area (Å²) in [5, 5.41) is 0. The van der Waals surface area contributed by atoms with Crippen molar-refractivity contribution >= 4 is 17.4 Å². The van der Waals surface area contributed by atoms with E-state index in [0.29, 0.717) is 6.42 Å². The number of hydrogen-bond donors (Lipinski definition) is 2. The van der Waals surface area contributed by atoms with Crippen molar-refractivity contribution in [2.24, 2.45) is 5.92 Å². The van der Waals surface area contributed by atoms with E-state index < -0.39 is 11.2 Å². The lowest BCUT2D eigenvalue weighted by Gasteiger charge is -2.26. The first-order valence-electron chi connectivity index (χ1n) is 8.87. The van der Waals surface area contributed by atoms with E-state index in [4.69, 9.17) is 10.5 Å². The van der Waals surface area contributed by atoms with Gasteiger partial charge in [0.2, 0.25) is 5.91 Å². The number of methoxy groups -OCH3 is 1. The lowest BCUT2D eigenvalue weighted by molar-refractivity contribution is -0.122. The largest absolute Gasteiger partial charge is 0.383 e. The summed E-state index contributed by atoms with van der Waals surface area (Å²) in [5.74, 6) is -0.577. The van der Waals surface area contributed by atoms with E-state index in [2.05, 4.69) is 4.98 Å². The monoisotopic (exact) mass is 374 g/mol. The highest BCUT2D eigenvalue weighted by Gasteiger charge is 2.26. The fourth-order valence-electron chi connectivity index (χ4n) is 2.72. The molecule has 2 rings (SSSR count). The van der Waals surface area contributed by atoms with Crippen molar-refractivity contribution in [1.29, 1.82) is 0 Å². The SMILES string of the molecule is CCC(C)C(=O)N(CCOC)c1c(N)n(Cc2ccccc2)c(=O)[nH]c1=O. The first kappa shape index (κ1) is 20.4. The number of H-pyrrole nitrogens is 1. The number of nitrogen functional groups attached to an aromatic ring is 1. The second kappa shape index (κ2) is 9.18. The van der Waals surface area contributed by atoms with Crippen LogP contribution in [-0.4, -0.2) is 35.7 Å². The summed E-state index contributed by atoms with van der Waals surface area (Å²) in [7, 11) is 1.51. The summed E-state index contributed by atoms with van der Waals surface area (Å²) in [4.78, 5) is 41.2. The van der Waals surface area contributed by atoms with Crippen LogP contribution in [0.15, 0.2) is 39.9 Å². The molecular formula is C19H26N4O4. The number of nitrogens with one attached hydrogen (secondary N) is 1. The molecule has 146 valence electrons. The highest BCUT2D eigenvalue weighted by atomic mass is 16.5. The van der Waals surface area contributed by atoms with Gasteiger partial charge in [0, 0.05) is 19.6 Å². The average molecular weight is 374 g/mol. The molecule has 0 saturated carbocycles. The standard InChI is InChI=1S/C19H26N4O4/c1-4-13(2)18(25)22(10-11-27-3)15-16(20)23(19(26)21-17(15)24)12-14-8-6-5-7-9-14/h5-9,13H,4,10-12,20H2,1-3H3,(H,21,24,26). The number of nitrogens with zero attached hydrogens (tertiary/aromatic N) is 2. The van der Waals surface area contributed by atoms with Crippen molar-refractivity contribution in [3.63, 3.8) is 0 Å². The molecule has 8 nitrogen and oxygen atoms in total. The number of carbonyl (C=O) groups excluding carboxylic acids is 1. The molecule has 1 atom stereocenters. The highest BCUT2D eigenvalue weighted by molar-refractivity contribution is 5.96. The molecule has 8 heteroatoms. The molecule has 1 heterocycles. The molecule has 0 saturated heterocycles. The quantitative estimate of drug-likeness (QED) is 0.721. The number of hydrogen-bond acceptors (Lipinski definition) is 5. The number of amides is 1. The number of rotatable bonds is 8. The zero-order valence-electron chi connectivity index (χ0n) is 15.9. The maximum atomic E-state index is 12.8. The minimum atomic E-state index is -0.686. The van der Waals surface area contributed by atoms with E-state index in [9.17, 15) is 14.4 Å². The zero-order chi connectivity index (χ0) is 20.0. The van der Waals surface area contributed by atoms with Gasteiger partial charge < -0.3 is 15.4 Å². The van der Waals surface area contributed by atoms with E-state index in [0.717, 1.165) is 5.56 Å². The lowest BCUT2D eigenvalue weighted by Crippen LogP contribution is -2.44. The maximum Gasteiger partial charge on any atom is 0.330 e. The van der Waals surface area contributed by atoms with E-state index in [1.165, 1.54) is 16.6 Å². The average Bonchev–Trinajstić information content (AvgIpc) is 2.67. The van der Waals surface area contributed by atoms with E-state index in [-0.39, 0.29) is 43.0 Å². The molecule has 0 fully saturated rings. The van der Waals surface area contributed by atoms with Crippen LogP contribution in [0.3, 0.4) is 0 Å². The smallest absolute Gasteiger partial charge is 0.330 e. The number of anilines is 2. The molecule has 0 aliphatic rings. The van der Waals surface area contributed by atoms with Gasteiger partial charge in [-0.15, -0.1) is 0 Å². The van der Waals surface area contributed by atoms with Crippen LogP contribution in [0.2, 0.25) is 0 Å². The third-order valence-corrected chi connectivity index (χ3v) is 4.49. The van der Waals surface area contributed by atoms with Crippen LogP contribution >= 0.6 is 0 Å². The maximum absolute atomic E-state index is 12.8. The first-order valence-corrected chi connectivity index (χ1v) is 8.87. The topological polar surface area (TPSA) is 110 Å². The number of aromatic nitrogens is 2. The Morgan fingerprint density at radius 1 is 1.30 bits per heavy atom. The highest BCUT2D eigenvalue weighted by Crippen LogP contribution is 2.20. The lowest BCUT2D eigenvalue weighted by atomic mass is 10.1. The number of carbonyl (C=O) groups is 1. The Labute approximate surface area is 157 Å². The van der Waals surface area contributed by atoms with Crippen LogP contribution in [0, 0.1) is 5.92 Å². The molecule has 1 unspecified atom stereocenters. The van der Waals surface area contributed by atoms with Crippen molar-refractivity contribution in [2.45, 2.75) is 26.8 Å². The van der Waals surface area contributed by atoms with E-state index in [1.807, 2.05) is 37.3 Å². The summed E-state index contributed by atoms with van der Waals surface area (Å²) in [6.07, 6.45) is 0.615. The Morgan fingerprint density at radius 3 is 2.56 bits per heavy atom. The molecular weight excluding hydrogens is 348 g/mol. The van der Waals surface area contributed by atoms with Crippen LogP contribution in [0.4, 0.5) is 11.5 Å². The van der Waals surface area contributed by atoms with Crippen molar-refractivity contribution in [1.82, 2.24) is 9.55 Å². The van der Waals surface area contributed by atoms with Crippen LogP contribution < -0.4 is 21.9 Å². The molecule has 1 aromatic heterocycles. The molecule has 1 amide bonds. The van der Waals surface area contributed by atoms with Gasteiger partial charge in [-0.25, -0.2) is 4.79 Å². The first-order chi connectivity index (χ1) is 12.9. The molecule has 3 N–H and O–H groups in total. The number of nitrogens with two attached hydrogens (primary N) is 1. The minimum absolute atomic E-state index is 0.0205. The number of aromatic amines is 1. The predicted molar refractivity (Wildman–Crippen MR) is 105 cm³/mol. The zero-order valence-corrected chi connectivity index (χ0v) is 15.9. The molecule has 0 spiro atoms. The van der Waals surface area contributed by atoms with Gasteiger partial charge in [0.25, 0.3) is 5.56 Å². The normalized spacial score (nSPS) is 12.0. The second-order valence-corrected chi connectivity index (χ2v) is 6.36. The van der Waals surface area contributed by atoms with Crippen molar-refractivity contribution in [3.05, 3.63) is 56.7 Å². The van der Waals surface area contributed by atoms with Crippen LogP contribution in [-0.2, 0) is 16.1 Å². The molecule has 2 aromatic rings. The van der Waals surface area contributed by atoms with Gasteiger partial charge in [-0.05, 0) is 12.0 Å². The Balaban J connectivity index is 2.55. The fourth-order valence-corrected chi connectivity index (χ4v) is 2.72. The molecule has 0 radical (unpaired) electrons. The van der Waals surface area contributed by atoms with E-state index >= 15 is 0 Å². The summed E-state index contributed by atoms with van der Waals surface area (Å²) < 4.78 is 6.33. The Bertz CT molecular complexity index is 889. The van der Waals surface area contributed by atoms with Gasteiger partial charge in [0.1, 0.15) is 5.82 Å². The van der Waals surface area contributed by atoms with Gasteiger partial charge in [-0.3, -0.25) is 19.1 Å². The second-order valence-electron chi connectivity index (χ2n) is 6.36. The third kappa shape index (κ3) is 4.65. The number of benzene rings is 1. The van der Waals surface area contributed by atoms with E-state index in [1.54, 1.807) is 6.92 Å². The molecule has 0 aliphatic heterocycles.